The molecule has 0 unspecified atom stereocenters. The van der Waals surface area contributed by atoms with Crippen LogP contribution in [0.15, 0.2) is 24.3 Å². The molecule has 1 atom stereocenters. The third kappa shape index (κ3) is 7.04. The van der Waals surface area contributed by atoms with Crippen molar-refractivity contribution in [3.8, 4) is 0 Å². The zero-order valence-electron chi connectivity index (χ0n) is 17.2. The molecule has 2 amide bonds. The Labute approximate surface area is 186 Å². The molecule has 0 spiro atoms. The number of anilines is 1. The average Bonchev–Trinajstić information content (AvgIpc) is 3.20. The summed E-state index contributed by atoms with van der Waals surface area (Å²) in [6, 6.07) is 7.56. The maximum atomic E-state index is 12.3. The molecule has 7 nitrogen and oxygen atoms in total. The third-order valence-corrected chi connectivity index (χ3v) is 6.41. The largest absolute Gasteiger partial charge is 0.356 e. The second-order valence-corrected chi connectivity index (χ2v) is 9.05. The zero-order valence-corrected chi connectivity index (χ0v) is 18.8. The molecule has 0 saturated carbocycles. The van der Waals surface area contributed by atoms with Gasteiger partial charge in [-0.3, -0.25) is 9.59 Å². The number of aryl methyl sites for hydroxylation is 1. The van der Waals surface area contributed by atoms with Gasteiger partial charge in [0, 0.05) is 42.7 Å². The van der Waals surface area contributed by atoms with Crippen molar-refractivity contribution >= 4 is 40.4 Å². The minimum absolute atomic E-state index is 0.00169. The highest BCUT2D eigenvalue weighted by Crippen LogP contribution is 2.18. The lowest BCUT2D eigenvalue weighted by Gasteiger charge is -2.33. The van der Waals surface area contributed by atoms with Crippen LogP contribution in [0.1, 0.15) is 53.8 Å². The molecular formula is C21H28ClN5O2S. The fraction of sp³-hybridized carbons (Fsp3) is 0.524. The molecular weight excluding hydrogens is 422 g/mol. The van der Waals surface area contributed by atoms with Gasteiger partial charge in [0.1, 0.15) is 5.01 Å². The Morgan fingerprint density at radius 3 is 2.97 bits per heavy atom. The van der Waals surface area contributed by atoms with Crippen LogP contribution >= 0.6 is 22.9 Å². The Balaban J connectivity index is 1.35. The smallest absolute Gasteiger partial charge is 0.286 e. The lowest BCUT2D eigenvalue weighted by atomic mass is 10.0. The number of aromatic nitrogens is 2. The second kappa shape index (κ2) is 11.4. The lowest BCUT2D eigenvalue weighted by molar-refractivity contribution is -0.121. The number of likely N-dealkylation sites (tertiary alicyclic amines) is 1. The number of carbonyl (C=O) groups excluding carboxylic acids is 2. The number of hydrogen-bond donors (Lipinski definition) is 2. The van der Waals surface area contributed by atoms with Crippen molar-refractivity contribution in [1.82, 2.24) is 20.4 Å². The fourth-order valence-electron chi connectivity index (χ4n) is 3.51. The van der Waals surface area contributed by atoms with E-state index in [1.165, 1.54) is 37.1 Å². The van der Waals surface area contributed by atoms with Crippen molar-refractivity contribution in [2.24, 2.45) is 0 Å². The zero-order chi connectivity index (χ0) is 21.3. The standard InChI is InChI=1S/C21H28ClN5O2S/c1-15-6-2-3-12-27(15)13-5-11-23-18(28)9-10-19-25-26-21(30-19)20(29)24-17-8-4-7-16(22)14-17/h4,7-8,14-15H,2-3,5-6,9-13H2,1H3,(H,23,28)(H,24,29)/t15-/m1/s1. The molecule has 1 saturated heterocycles. The fourth-order valence-corrected chi connectivity index (χ4v) is 4.43. The minimum atomic E-state index is -0.336. The van der Waals surface area contributed by atoms with Crippen molar-refractivity contribution in [2.45, 2.75) is 51.5 Å². The number of nitrogens with zero attached hydrogens (tertiary/aromatic N) is 3. The Morgan fingerprint density at radius 2 is 2.17 bits per heavy atom. The van der Waals surface area contributed by atoms with E-state index < -0.39 is 0 Å². The summed E-state index contributed by atoms with van der Waals surface area (Å²) in [5.41, 5.74) is 0.600. The summed E-state index contributed by atoms with van der Waals surface area (Å²) in [6.07, 6.45) is 5.64. The van der Waals surface area contributed by atoms with E-state index in [2.05, 4.69) is 32.7 Å². The van der Waals surface area contributed by atoms with Crippen molar-refractivity contribution in [2.75, 3.05) is 25.0 Å². The van der Waals surface area contributed by atoms with Gasteiger partial charge >= 0.3 is 0 Å². The summed E-state index contributed by atoms with van der Waals surface area (Å²) < 4.78 is 0. The third-order valence-electron chi connectivity index (χ3n) is 5.19. The molecule has 162 valence electrons. The van der Waals surface area contributed by atoms with Crippen LogP contribution in [-0.4, -0.2) is 52.6 Å². The summed E-state index contributed by atoms with van der Waals surface area (Å²) in [4.78, 5) is 26.9. The first-order valence-corrected chi connectivity index (χ1v) is 11.6. The first kappa shape index (κ1) is 22.7. The first-order valence-electron chi connectivity index (χ1n) is 10.4. The Kier molecular flexibility index (Phi) is 8.60. The van der Waals surface area contributed by atoms with E-state index in [1.807, 2.05) is 0 Å². The Hall–Kier alpha value is -2.03. The van der Waals surface area contributed by atoms with Crippen LogP contribution in [0.5, 0.6) is 0 Å². The number of benzene rings is 1. The number of amides is 2. The quantitative estimate of drug-likeness (QED) is 0.569. The number of piperidine rings is 1. The average molecular weight is 450 g/mol. The van der Waals surface area contributed by atoms with E-state index in [0.717, 1.165) is 13.0 Å². The summed E-state index contributed by atoms with van der Waals surface area (Å²) in [5, 5.41) is 15.2. The van der Waals surface area contributed by atoms with Crippen LogP contribution in [0.25, 0.3) is 0 Å². The van der Waals surface area contributed by atoms with Crippen LogP contribution in [0, 0.1) is 0 Å². The maximum Gasteiger partial charge on any atom is 0.286 e. The van der Waals surface area contributed by atoms with Crippen LogP contribution in [0.2, 0.25) is 5.02 Å². The van der Waals surface area contributed by atoms with Gasteiger partial charge in [0.25, 0.3) is 5.91 Å². The van der Waals surface area contributed by atoms with Gasteiger partial charge in [-0.25, -0.2) is 0 Å². The molecule has 30 heavy (non-hydrogen) atoms. The molecule has 1 aromatic carbocycles. The number of rotatable bonds is 9. The van der Waals surface area contributed by atoms with Gasteiger partial charge in [0.15, 0.2) is 0 Å². The second-order valence-electron chi connectivity index (χ2n) is 7.55. The van der Waals surface area contributed by atoms with E-state index in [9.17, 15) is 9.59 Å². The molecule has 2 N–H and O–H groups in total. The van der Waals surface area contributed by atoms with Crippen LogP contribution in [0.3, 0.4) is 0 Å². The highest BCUT2D eigenvalue weighted by atomic mass is 35.5. The predicted octanol–water partition coefficient (Wildman–Crippen LogP) is 3.76. The van der Waals surface area contributed by atoms with E-state index >= 15 is 0 Å². The number of nitrogens with one attached hydrogen (secondary N) is 2. The Morgan fingerprint density at radius 1 is 1.30 bits per heavy atom. The van der Waals surface area contributed by atoms with Gasteiger partial charge in [-0.05, 0) is 50.9 Å². The van der Waals surface area contributed by atoms with Gasteiger partial charge in [-0.15, -0.1) is 10.2 Å². The summed E-state index contributed by atoms with van der Waals surface area (Å²) in [5.74, 6) is -0.334. The van der Waals surface area contributed by atoms with Gasteiger partial charge in [0.2, 0.25) is 10.9 Å². The molecule has 0 aliphatic carbocycles. The normalized spacial score (nSPS) is 16.9. The number of carbonyl (C=O) groups is 2. The molecule has 9 heteroatoms. The monoisotopic (exact) mass is 449 g/mol. The summed E-state index contributed by atoms with van der Waals surface area (Å²) in [6.45, 7) is 5.16. The SMILES string of the molecule is C[C@@H]1CCCCN1CCCNC(=O)CCc1nnc(C(=O)Nc2cccc(Cl)c2)s1. The predicted molar refractivity (Wildman–Crippen MR) is 120 cm³/mol. The topological polar surface area (TPSA) is 87.2 Å². The summed E-state index contributed by atoms with van der Waals surface area (Å²) in [7, 11) is 0. The molecule has 1 aliphatic heterocycles. The minimum Gasteiger partial charge on any atom is -0.356 e. The van der Waals surface area contributed by atoms with Crippen molar-refractivity contribution in [3.63, 3.8) is 0 Å². The molecule has 1 aliphatic rings. The van der Waals surface area contributed by atoms with E-state index in [0.29, 0.717) is 41.1 Å². The number of hydrogen-bond acceptors (Lipinski definition) is 6. The van der Waals surface area contributed by atoms with Crippen LogP contribution in [-0.2, 0) is 11.2 Å². The van der Waals surface area contributed by atoms with Crippen LogP contribution in [0.4, 0.5) is 5.69 Å². The molecule has 2 aromatic rings. The molecule has 2 heterocycles. The van der Waals surface area contributed by atoms with Gasteiger partial charge in [0.05, 0.1) is 0 Å². The molecule has 1 fully saturated rings. The highest BCUT2D eigenvalue weighted by Gasteiger charge is 2.17. The van der Waals surface area contributed by atoms with Gasteiger partial charge in [-0.1, -0.05) is 35.4 Å². The van der Waals surface area contributed by atoms with Crippen molar-refractivity contribution < 1.29 is 9.59 Å². The van der Waals surface area contributed by atoms with Gasteiger partial charge in [-0.2, -0.15) is 0 Å². The van der Waals surface area contributed by atoms with Crippen molar-refractivity contribution in [3.05, 3.63) is 39.3 Å². The lowest BCUT2D eigenvalue weighted by Crippen LogP contribution is -2.39. The molecule has 1 aromatic heterocycles. The molecule has 3 rings (SSSR count). The molecule has 0 radical (unpaired) electrons. The van der Waals surface area contributed by atoms with E-state index in [1.54, 1.807) is 24.3 Å². The number of halogens is 1. The highest BCUT2D eigenvalue weighted by molar-refractivity contribution is 7.13. The molecule has 0 bridgehead atoms. The van der Waals surface area contributed by atoms with E-state index in [4.69, 9.17) is 11.6 Å². The van der Waals surface area contributed by atoms with E-state index in [-0.39, 0.29) is 16.8 Å². The summed E-state index contributed by atoms with van der Waals surface area (Å²) >= 11 is 7.12. The maximum absolute atomic E-state index is 12.3. The first-order chi connectivity index (χ1) is 14.5. The van der Waals surface area contributed by atoms with Gasteiger partial charge < -0.3 is 15.5 Å². The van der Waals surface area contributed by atoms with Crippen LogP contribution < -0.4 is 10.6 Å². The Bertz CT molecular complexity index is 859. The van der Waals surface area contributed by atoms with Crippen molar-refractivity contribution in [1.29, 1.82) is 0 Å².